The summed E-state index contributed by atoms with van der Waals surface area (Å²) in [5.74, 6) is -0.381. The smallest absolute Gasteiger partial charge is 0.142 e. The highest BCUT2D eigenvalue weighted by atomic mass is 35.5. The summed E-state index contributed by atoms with van der Waals surface area (Å²) in [5.41, 5.74) is 4.11. The lowest BCUT2D eigenvalue weighted by Crippen LogP contribution is -1.97. The number of pyridine rings is 1. The standard InChI is InChI=1S/C14H13ClFN/c1-9-5-10(2)14(17-8-9)7-11-3-4-12(15)13(16)6-11/h3-6,8H,7H2,1-2H3. The van der Waals surface area contributed by atoms with Gasteiger partial charge in [-0.2, -0.15) is 0 Å². The number of hydrogen-bond donors (Lipinski definition) is 0. The van der Waals surface area contributed by atoms with Crippen LogP contribution in [-0.2, 0) is 6.42 Å². The average molecular weight is 250 g/mol. The van der Waals surface area contributed by atoms with E-state index in [0.29, 0.717) is 6.42 Å². The Labute approximate surface area is 105 Å². The van der Waals surface area contributed by atoms with Crippen molar-refractivity contribution in [3.63, 3.8) is 0 Å². The molecule has 0 N–H and O–H groups in total. The van der Waals surface area contributed by atoms with Gasteiger partial charge in [0.15, 0.2) is 0 Å². The lowest BCUT2D eigenvalue weighted by atomic mass is 10.0. The van der Waals surface area contributed by atoms with Crippen LogP contribution in [0.5, 0.6) is 0 Å². The molecule has 1 heterocycles. The van der Waals surface area contributed by atoms with Crippen LogP contribution in [0.15, 0.2) is 30.5 Å². The molecule has 1 nitrogen and oxygen atoms in total. The van der Waals surface area contributed by atoms with Gasteiger partial charge in [0.2, 0.25) is 0 Å². The monoisotopic (exact) mass is 249 g/mol. The Morgan fingerprint density at radius 2 is 2.00 bits per heavy atom. The molecule has 3 heteroatoms. The van der Waals surface area contributed by atoms with Crippen molar-refractivity contribution in [1.82, 2.24) is 4.98 Å². The van der Waals surface area contributed by atoms with Crippen LogP contribution < -0.4 is 0 Å². The Kier molecular flexibility index (Phi) is 3.43. The van der Waals surface area contributed by atoms with Gasteiger partial charge >= 0.3 is 0 Å². The summed E-state index contributed by atoms with van der Waals surface area (Å²) in [6.07, 6.45) is 2.45. The third kappa shape index (κ3) is 2.83. The minimum absolute atomic E-state index is 0.155. The van der Waals surface area contributed by atoms with E-state index in [0.717, 1.165) is 22.4 Å². The van der Waals surface area contributed by atoms with E-state index < -0.39 is 0 Å². The molecule has 0 aliphatic rings. The molecule has 88 valence electrons. The molecular formula is C14H13ClFN. The number of aryl methyl sites for hydroxylation is 2. The topological polar surface area (TPSA) is 12.9 Å². The molecule has 0 bridgehead atoms. The third-order valence-electron chi connectivity index (χ3n) is 2.68. The van der Waals surface area contributed by atoms with Gasteiger partial charge in [-0.15, -0.1) is 0 Å². The maximum atomic E-state index is 13.3. The molecule has 0 saturated heterocycles. The van der Waals surface area contributed by atoms with Crippen LogP contribution in [-0.4, -0.2) is 4.98 Å². The van der Waals surface area contributed by atoms with Crippen LogP contribution in [0.25, 0.3) is 0 Å². The first-order valence-electron chi connectivity index (χ1n) is 5.42. The van der Waals surface area contributed by atoms with E-state index in [2.05, 4.69) is 11.1 Å². The predicted molar refractivity (Wildman–Crippen MR) is 67.9 cm³/mol. The summed E-state index contributed by atoms with van der Waals surface area (Å²) < 4.78 is 13.3. The van der Waals surface area contributed by atoms with Gasteiger partial charge in [0.25, 0.3) is 0 Å². The third-order valence-corrected chi connectivity index (χ3v) is 2.99. The van der Waals surface area contributed by atoms with E-state index in [4.69, 9.17) is 11.6 Å². The molecule has 0 atom stereocenters. The Morgan fingerprint density at radius 3 is 2.65 bits per heavy atom. The van der Waals surface area contributed by atoms with Crippen molar-refractivity contribution in [3.8, 4) is 0 Å². The highest BCUT2D eigenvalue weighted by Crippen LogP contribution is 2.18. The second-order valence-electron chi connectivity index (χ2n) is 4.20. The zero-order chi connectivity index (χ0) is 12.4. The SMILES string of the molecule is Cc1cnc(Cc2ccc(Cl)c(F)c2)c(C)c1. The summed E-state index contributed by atoms with van der Waals surface area (Å²) >= 11 is 5.65. The number of benzene rings is 1. The molecule has 2 rings (SSSR count). The predicted octanol–water partition coefficient (Wildman–Crippen LogP) is 4.08. The molecule has 1 aromatic heterocycles. The van der Waals surface area contributed by atoms with Crippen molar-refractivity contribution in [2.24, 2.45) is 0 Å². The van der Waals surface area contributed by atoms with Gasteiger partial charge in [0.1, 0.15) is 5.82 Å². The molecule has 0 aliphatic heterocycles. The molecule has 17 heavy (non-hydrogen) atoms. The molecule has 0 saturated carbocycles. The van der Waals surface area contributed by atoms with Gasteiger partial charge in [-0.1, -0.05) is 23.7 Å². The molecule has 0 fully saturated rings. The van der Waals surface area contributed by atoms with Gasteiger partial charge in [-0.25, -0.2) is 4.39 Å². The molecule has 2 aromatic rings. The van der Waals surface area contributed by atoms with Crippen molar-refractivity contribution >= 4 is 11.6 Å². The van der Waals surface area contributed by atoms with Crippen molar-refractivity contribution < 1.29 is 4.39 Å². The average Bonchev–Trinajstić information content (AvgIpc) is 2.27. The lowest BCUT2D eigenvalue weighted by molar-refractivity contribution is 0.626. The van der Waals surface area contributed by atoms with Gasteiger partial charge in [-0.05, 0) is 42.7 Å². The van der Waals surface area contributed by atoms with E-state index in [1.807, 2.05) is 26.1 Å². The molecule has 0 aliphatic carbocycles. The fraction of sp³-hybridized carbons (Fsp3) is 0.214. The fourth-order valence-corrected chi connectivity index (χ4v) is 1.89. The fourth-order valence-electron chi connectivity index (χ4n) is 1.77. The maximum Gasteiger partial charge on any atom is 0.142 e. The number of nitrogens with zero attached hydrogens (tertiary/aromatic N) is 1. The van der Waals surface area contributed by atoms with Crippen molar-refractivity contribution in [1.29, 1.82) is 0 Å². The first-order valence-corrected chi connectivity index (χ1v) is 5.80. The largest absolute Gasteiger partial charge is 0.260 e. The van der Waals surface area contributed by atoms with Gasteiger partial charge in [0.05, 0.1) is 5.02 Å². The van der Waals surface area contributed by atoms with Gasteiger partial charge in [-0.3, -0.25) is 4.98 Å². The minimum Gasteiger partial charge on any atom is -0.260 e. The highest BCUT2D eigenvalue weighted by Gasteiger charge is 2.05. The molecule has 1 aromatic carbocycles. The zero-order valence-electron chi connectivity index (χ0n) is 9.80. The van der Waals surface area contributed by atoms with Crippen LogP contribution >= 0.6 is 11.6 Å². The van der Waals surface area contributed by atoms with E-state index in [1.165, 1.54) is 6.07 Å². The second-order valence-corrected chi connectivity index (χ2v) is 4.61. The molecular weight excluding hydrogens is 237 g/mol. The van der Waals surface area contributed by atoms with Crippen LogP contribution in [0.1, 0.15) is 22.4 Å². The molecule has 0 spiro atoms. The molecule has 0 radical (unpaired) electrons. The Balaban J connectivity index is 2.28. The maximum absolute atomic E-state index is 13.3. The summed E-state index contributed by atoms with van der Waals surface area (Å²) in [4.78, 5) is 4.37. The van der Waals surface area contributed by atoms with E-state index in [1.54, 1.807) is 6.07 Å². The summed E-state index contributed by atoms with van der Waals surface area (Å²) in [6.45, 7) is 4.02. The Hall–Kier alpha value is -1.41. The lowest BCUT2D eigenvalue weighted by Gasteiger charge is -2.06. The first-order chi connectivity index (χ1) is 8.06. The summed E-state index contributed by atoms with van der Waals surface area (Å²) in [7, 11) is 0. The number of halogens is 2. The van der Waals surface area contributed by atoms with Crippen molar-refractivity contribution in [2.75, 3.05) is 0 Å². The van der Waals surface area contributed by atoms with Gasteiger partial charge < -0.3 is 0 Å². The zero-order valence-corrected chi connectivity index (χ0v) is 10.6. The molecule has 0 amide bonds. The quantitative estimate of drug-likeness (QED) is 0.782. The highest BCUT2D eigenvalue weighted by molar-refractivity contribution is 6.30. The summed E-state index contributed by atoms with van der Waals surface area (Å²) in [6, 6.07) is 6.94. The Morgan fingerprint density at radius 1 is 1.24 bits per heavy atom. The first kappa shape index (κ1) is 12.1. The number of hydrogen-bond acceptors (Lipinski definition) is 1. The number of rotatable bonds is 2. The van der Waals surface area contributed by atoms with Crippen LogP contribution in [0.4, 0.5) is 4.39 Å². The van der Waals surface area contributed by atoms with E-state index >= 15 is 0 Å². The normalized spacial score (nSPS) is 10.6. The molecule has 0 unspecified atom stereocenters. The van der Waals surface area contributed by atoms with Crippen LogP contribution in [0.2, 0.25) is 5.02 Å². The minimum atomic E-state index is -0.381. The van der Waals surface area contributed by atoms with Crippen molar-refractivity contribution in [3.05, 3.63) is 63.7 Å². The van der Waals surface area contributed by atoms with Crippen molar-refractivity contribution in [2.45, 2.75) is 20.3 Å². The van der Waals surface area contributed by atoms with Crippen LogP contribution in [0.3, 0.4) is 0 Å². The second kappa shape index (κ2) is 4.84. The summed E-state index contributed by atoms with van der Waals surface area (Å²) in [5, 5.41) is 0.155. The van der Waals surface area contributed by atoms with Crippen LogP contribution in [0, 0.1) is 19.7 Å². The van der Waals surface area contributed by atoms with Gasteiger partial charge in [0, 0.05) is 18.3 Å². The Bertz CT molecular complexity index is 552. The van der Waals surface area contributed by atoms with E-state index in [9.17, 15) is 4.39 Å². The number of aromatic nitrogens is 1. The van der Waals surface area contributed by atoms with E-state index in [-0.39, 0.29) is 10.8 Å².